The molecule has 9 heteroatoms. The summed E-state index contributed by atoms with van der Waals surface area (Å²) in [6, 6.07) is 3.82. The van der Waals surface area contributed by atoms with Crippen LogP contribution in [0.2, 0.25) is 0 Å². The van der Waals surface area contributed by atoms with Gasteiger partial charge in [0, 0.05) is 6.54 Å². The molecule has 0 fully saturated rings. The number of amides is 1. The summed E-state index contributed by atoms with van der Waals surface area (Å²) in [5.74, 6) is -1.85. The minimum atomic E-state index is -3.84. The van der Waals surface area contributed by atoms with E-state index in [-0.39, 0.29) is 30.2 Å². The van der Waals surface area contributed by atoms with E-state index in [9.17, 15) is 18.0 Å². The van der Waals surface area contributed by atoms with E-state index >= 15 is 0 Å². The molecule has 0 atom stereocenters. The van der Waals surface area contributed by atoms with Gasteiger partial charge < -0.3 is 15.6 Å². The third kappa shape index (κ3) is 5.14. The van der Waals surface area contributed by atoms with E-state index in [1.54, 1.807) is 6.92 Å². The SMILES string of the molecule is Cc1ccc(S(=O)(=O)NCCOCC(N)=O)cc1C(=O)O. The number of carboxylic acid groups (broad SMARTS) is 1. The fraction of sp³-hybridized carbons (Fsp3) is 0.333. The molecule has 1 rings (SSSR count). The van der Waals surface area contributed by atoms with Crippen LogP contribution < -0.4 is 10.5 Å². The van der Waals surface area contributed by atoms with Gasteiger partial charge in [-0.25, -0.2) is 17.9 Å². The molecule has 4 N–H and O–H groups in total. The molecule has 0 aliphatic heterocycles. The summed E-state index contributed by atoms with van der Waals surface area (Å²) in [4.78, 5) is 21.2. The van der Waals surface area contributed by atoms with Crippen molar-refractivity contribution in [3.8, 4) is 0 Å². The smallest absolute Gasteiger partial charge is 0.335 e. The molecule has 1 aromatic rings. The number of ether oxygens (including phenoxy) is 1. The molecule has 1 amide bonds. The Morgan fingerprint density at radius 2 is 2.05 bits per heavy atom. The van der Waals surface area contributed by atoms with Gasteiger partial charge >= 0.3 is 5.97 Å². The van der Waals surface area contributed by atoms with E-state index in [1.165, 1.54) is 12.1 Å². The molecule has 0 bridgehead atoms. The van der Waals surface area contributed by atoms with Crippen molar-refractivity contribution in [2.45, 2.75) is 11.8 Å². The predicted molar refractivity (Wildman–Crippen MR) is 73.3 cm³/mol. The fourth-order valence-corrected chi connectivity index (χ4v) is 2.54. The number of hydrogen-bond donors (Lipinski definition) is 3. The first kappa shape index (κ1) is 17.1. The molecule has 0 saturated heterocycles. The molecule has 1 aromatic carbocycles. The summed E-state index contributed by atoms with van der Waals surface area (Å²) in [6.07, 6.45) is 0. The first-order valence-electron chi connectivity index (χ1n) is 5.93. The number of primary amides is 1. The van der Waals surface area contributed by atoms with E-state index in [4.69, 9.17) is 15.6 Å². The molecule has 0 unspecified atom stereocenters. The highest BCUT2D eigenvalue weighted by atomic mass is 32.2. The number of hydrogen-bond acceptors (Lipinski definition) is 5. The second-order valence-corrected chi connectivity index (χ2v) is 5.97. The zero-order valence-electron chi connectivity index (χ0n) is 11.3. The maximum atomic E-state index is 12.0. The Bertz CT molecular complexity index is 641. The number of carbonyl (C=O) groups excluding carboxylic acids is 1. The Kier molecular flexibility index (Phi) is 5.82. The van der Waals surface area contributed by atoms with Crippen molar-refractivity contribution in [1.29, 1.82) is 0 Å². The van der Waals surface area contributed by atoms with Crippen LogP contribution in [0.3, 0.4) is 0 Å². The van der Waals surface area contributed by atoms with Crippen LogP contribution in [0.1, 0.15) is 15.9 Å². The topological polar surface area (TPSA) is 136 Å². The third-order valence-electron chi connectivity index (χ3n) is 2.53. The summed E-state index contributed by atoms with van der Waals surface area (Å²) in [6.45, 7) is 1.19. The number of rotatable bonds is 8. The first-order valence-corrected chi connectivity index (χ1v) is 7.42. The number of nitrogens with two attached hydrogens (primary N) is 1. The number of benzene rings is 1. The van der Waals surface area contributed by atoms with Crippen molar-refractivity contribution in [1.82, 2.24) is 4.72 Å². The van der Waals surface area contributed by atoms with Crippen molar-refractivity contribution in [2.75, 3.05) is 19.8 Å². The van der Waals surface area contributed by atoms with Gasteiger partial charge in [-0.3, -0.25) is 4.79 Å². The van der Waals surface area contributed by atoms with Gasteiger partial charge in [0.05, 0.1) is 17.1 Å². The molecule has 8 nitrogen and oxygen atoms in total. The van der Waals surface area contributed by atoms with Crippen molar-refractivity contribution >= 4 is 21.9 Å². The van der Waals surface area contributed by atoms with Crippen LogP contribution in [0, 0.1) is 6.92 Å². The molecular weight excluding hydrogens is 300 g/mol. The van der Waals surface area contributed by atoms with Crippen LogP contribution in [0.15, 0.2) is 23.1 Å². The van der Waals surface area contributed by atoms with E-state index in [0.29, 0.717) is 5.56 Å². The minimum absolute atomic E-state index is 0.0280. The summed E-state index contributed by atoms with van der Waals surface area (Å²) < 4.78 is 31.0. The Labute approximate surface area is 122 Å². The lowest BCUT2D eigenvalue weighted by atomic mass is 10.1. The van der Waals surface area contributed by atoms with E-state index in [0.717, 1.165) is 6.07 Å². The Balaban J connectivity index is 2.72. The van der Waals surface area contributed by atoms with Crippen LogP contribution in [-0.4, -0.2) is 45.2 Å². The van der Waals surface area contributed by atoms with Crippen molar-refractivity contribution in [2.24, 2.45) is 5.73 Å². The van der Waals surface area contributed by atoms with Gasteiger partial charge in [-0.2, -0.15) is 0 Å². The highest BCUT2D eigenvalue weighted by Crippen LogP contribution is 2.15. The van der Waals surface area contributed by atoms with Gasteiger partial charge in [0.1, 0.15) is 6.61 Å². The summed E-state index contributed by atoms with van der Waals surface area (Å²) in [5.41, 5.74) is 5.24. The molecule has 21 heavy (non-hydrogen) atoms. The largest absolute Gasteiger partial charge is 0.478 e. The van der Waals surface area contributed by atoms with Crippen LogP contribution in [0.5, 0.6) is 0 Å². The van der Waals surface area contributed by atoms with Gasteiger partial charge in [0.25, 0.3) is 0 Å². The van der Waals surface area contributed by atoms with Crippen LogP contribution in [0.25, 0.3) is 0 Å². The summed E-state index contributed by atoms with van der Waals surface area (Å²) >= 11 is 0. The van der Waals surface area contributed by atoms with E-state index in [2.05, 4.69) is 4.72 Å². The maximum absolute atomic E-state index is 12.0. The van der Waals surface area contributed by atoms with Gasteiger partial charge in [-0.1, -0.05) is 6.07 Å². The number of nitrogens with one attached hydrogen (secondary N) is 1. The minimum Gasteiger partial charge on any atom is -0.478 e. The van der Waals surface area contributed by atoms with Crippen LogP contribution in [0.4, 0.5) is 0 Å². The van der Waals surface area contributed by atoms with Crippen LogP contribution in [-0.2, 0) is 19.6 Å². The maximum Gasteiger partial charge on any atom is 0.335 e. The van der Waals surface area contributed by atoms with Crippen molar-refractivity contribution in [3.05, 3.63) is 29.3 Å². The number of aromatic carboxylic acids is 1. The predicted octanol–water partition coefficient (Wildman–Crippen LogP) is -0.527. The van der Waals surface area contributed by atoms with Gasteiger partial charge in [-0.05, 0) is 24.6 Å². The standard InChI is InChI=1S/C12H16N2O6S/c1-8-2-3-9(6-10(8)12(16)17)21(18,19)14-4-5-20-7-11(13)15/h2-3,6,14H,4-5,7H2,1H3,(H2,13,15)(H,16,17). The lowest BCUT2D eigenvalue weighted by Gasteiger charge is -2.09. The second kappa shape index (κ2) is 7.16. The van der Waals surface area contributed by atoms with Crippen molar-refractivity contribution < 1.29 is 27.9 Å². The average molecular weight is 316 g/mol. The highest BCUT2D eigenvalue weighted by Gasteiger charge is 2.17. The fourth-order valence-electron chi connectivity index (χ4n) is 1.50. The molecule has 0 aliphatic carbocycles. The summed E-state index contributed by atoms with van der Waals surface area (Å²) in [7, 11) is -3.84. The molecule has 0 heterocycles. The molecule has 0 spiro atoms. The van der Waals surface area contributed by atoms with Gasteiger partial charge in [-0.15, -0.1) is 0 Å². The van der Waals surface area contributed by atoms with Gasteiger partial charge in [0.15, 0.2) is 0 Å². The average Bonchev–Trinajstić information content (AvgIpc) is 2.37. The number of carboxylic acids is 1. The molecule has 0 saturated carbocycles. The van der Waals surface area contributed by atoms with Crippen molar-refractivity contribution in [3.63, 3.8) is 0 Å². The lowest BCUT2D eigenvalue weighted by molar-refractivity contribution is -0.122. The Morgan fingerprint density at radius 1 is 1.38 bits per heavy atom. The number of carbonyl (C=O) groups is 2. The lowest BCUT2D eigenvalue weighted by Crippen LogP contribution is -2.29. The number of sulfonamides is 1. The Morgan fingerprint density at radius 3 is 2.62 bits per heavy atom. The summed E-state index contributed by atoms with van der Waals surface area (Å²) in [5, 5.41) is 8.97. The molecule has 116 valence electrons. The highest BCUT2D eigenvalue weighted by molar-refractivity contribution is 7.89. The first-order chi connectivity index (χ1) is 9.74. The molecule has 0 radical (unpaired) electrons. The Hall–Kier alpha value is -1.97. The molecule has 0 aliphatic rings. The monoisotopic (exact) mass is 316 g/mol. The van der Waals surface area contributed by atoms with E-state index < -0.39 is 21.9 Å². The zero-order chi connectivity index (χ0) is 16.0. The molecular formula is C12H16N2O6S. The third-order valence-corrected chi connectivity index (χ3v) is 3.99. The normalized spacial score (nSPS) is 11.3. The van der Waals surface area contributed by atoms with Crippen LogP contribution >= 0.6 is 0 Å². The van der Waals surface area contributed by atoms with Gasteiger partial charge in [0.2, 0.25) is 15.9 Å². The molecule has 0 aromatic heterocycles. The second-order valence-electron chi connectivity index (χ2n) is 4.20. The van der Waals surface area contributed by atoms with E-state index in [1.807, 2.05) is 0 Å². The zero-order valence-corrected chi connectivity index (χ0v) is 12.1. The quantitative estimate of drug-likeness (QED) is 0.552. The number of aryl methyl sites for hydroxylation is 1.